The molecule has 0 radical (unpaired) electrons. The average molecular weight is 304 g/mol. The van der Waals surface area contributed by atoms with Crippen molar-refractivity contribution < 1.29 is 0 Å². The van der Waals surface area contributed by atoms with Crippen LogP contribution >= 0.6 is 0 Å². The predicted molar refractivity (Wildman–Crippen MR) is 82.0 cm³/mol. The summed E-state index contributed by atoms with van der Waals surface area (Å²) in [5, 5.41) is 26.2. The number of tetrazole rings is 2. The van der Waals surface area contributed by atoms with Crippen LogP contribution in [0.3, 0.4) is 0 Å². The minimum atomic E-state index is 0.736. The molecule has 0 spiro atoms. The van der Waals surface area contributed by atoms with Crippen molar-refractivity contribution in [1.82, 2.24) is 41.2 Å². The van der Waals surface area contributed by atoms with E-state index in [2.05, 4.69) is 83.7 Å². The Bertz CT molecular complexity index is 882. The van der Waals surface area contributed by atoms with Crippen LogP contribution < -0.4 is 0 Å². The maximum atomic E-state index is 4.01. The summed E-state index contributed by atoms with van der Waals surface area (Å²) in [5.41, 5.74) is 6.37. The van der Waals surface area contributed by atoms with Crippen molar-refractivity contribution in [3.8, 4) is 22.5 Å². The van der Waals surface area contributed by atoms with Crippen LogP contribution in [0.1, 0.15) is 11.1 Å². The first kappa shape index (κ1) is 13.3. The maximum absolute atomic E-state index is 4.01. The third-order valence-electron chi connectivity index (χ3n) is 3.72. The lowest BCUT2D eigenvalue weighted by Crippen LogP contribution is -1.89. The lowest BCUT2D eigenvalue weighted by atomic mass is 10.0. The van der Waals surface area contributed by atoms with Crippen LogP contribution in [-0.4, -0.2) is 41.2 Å². The second kappa shape index (κ2) is 5.76. The van der Waals surface area contributed by atoms with Crippen LogP contribution in [0, 0.1) is 0 Å². The fourth-order valence-corrected chi connectivity index (χ4v) is 2.78. The molecule has 0 fully saturated rings. The molecule has 8 nitrogen and oxygen atoms in total. The van der Waals surface area contributed by atoms with Crippen LogP contribution in [0.15, 0.2) is 48.8 Å². The van der Waals surface area contributed by atoms with Gasteiger partial charge in [-0.05, 0) is 49.5 Å². The Morgan fingerprint density at radius 2 is 1.70 bits per heavy atom. The van der Waals surface area contributed by atoms with E-state index in [1.807, 2.05) is 0 Å². The summed E-state index contributed by atoms with van der Waals surface area (Å²) >= 11 is 0. The van der Waals surface area contributed by atoms with Crippen molar-refractivity contribution in [3.63, 3.8) is 0 Å². The van der Waals surface area contributed by atoms with Crippen LogP contribution in [0.25, 0.3) is 22.5 Å². The molecule has 2 heterocycles. The second-order valence-corrected chi connectivity index (χ2v) is 4.98. The normalized spacial score (nSPS) is 11.3. The van der Waals surface area contributed by atoms with Crippen LogP contribution in [0.4, 0.5) is 0 Å². The van der Waals surface area contributed by atoms with Gasteiger partial charge in [0.15, 0.2) is 5.82 Å². The van der Waals surface area contributed by atoms with E-state index in [4.69, 9.17) is 0 Å². The van der Waals surface area contributed by atoms with Gasteiger partial charge in [0.2, 0.25) is 0 Å². The van der Waals surface area contributed by atoms with E-state index in [0.717, 1.165) is 17.8 Å². The predicted octanol–water partition coefficient (Wildman–Crippen LogP) is 1.64. The van der Waals surface area contributed by atoms with E-state index in [0.29, 0.717) is 0 Å². The van der Waals surface area contributed by atoms with E-state index < -0.39 is 0 Å². The Kier molecular flexibility index (Phi) is 3.32. The maximum Gasteiger partial charge on any atom is 0.179 e. The highest BCUT2D eigenvalue weighted by atomic mass is 15.5. The minimum Gasteiger partial charge on any atom is -0.246 e. The van der Waals surface area contributed by atoms with Gasteiger partial charge in [-0.25, -0.2) is 10.2 Å². The van der Waals surface area contributed by atoms with Crippen molar-refractivity contribution in [2.45, 2.75) is 6.42 Å². The zero-order valence-electron chi connectivity index (χ0n) is 12.0. The van der Waals surface area contributed by atoms with Crippen LogP contribution in [-0.2, 0) is 6.42 Å². The Hall–Kier alpha value is -3.42. The van der Waals surface area contributed by atoms with Gasteiger partial charge in [-0.3, -0.25) is 0 Å². The monoisotopic (exact) mass is 304 g/mol. The van der Waals surface area contributed by atoms with E-state index in [1.54, 1.807) is 0 Å². The fourth-order valence-electron chi connectivity index (χ4n) is 2.78. The molecule has 0 unspecified atom stereocenters. The van der Waals surface area contributed by atoms with Gasteiger partial charge in [0.05, 0.1) is 0 Å². The average Bonchev–Trinajstić information content (AvgIpc) is 3.35. The quantitative estimate of drug-likeness (QED) is 0.487. The van der Waals surface area contributed by atoms with Gasteiger partial charge >= 0.3 is 0 Å². The molecule has 23 heavy (non-hydrogen) atoms. The number of hydrogen-bond acceptors (Lipinski definition) is 6. The molecule has 112 valence electrons. The zero-order chi connectivity index (χ0) is 15.5. The fraction of sp³-hybridized carbons (Fsp3) is 0.0667. The van der Waals surface area contributed by atoms with Gasteiger partial charge in [0.1, 0.15) is 6.33 Å². The molecule has 0 saturated heterocycles. The van der Waals surface area contributed by atoms with Crippen molar-refractivity contribution >= 4 is 0 Å². The standard InChI is InChI=1S/C14H10N4.CH2N4/c1-2-5-10-9(4-1)8-13-11(10)6-3-7-12(13)14-15-17-18-16-14;1-2-4-5-3-1/h1-7H,8H2,(H,15,16,17,18);1H,(H,2,3,4,5). The Balaban J connectivity index is 0.000000233. The number of fused-ring (bicyclic) bond motifs is 3. The summed E-state index contributed by atoms with van der Waals surface area (Å²) in [6.45, 7) is 0. The molecule has 2 aromatic carbocycles. The summed E-state index contributed by atoms with van der Waals surface area (Å²) in [6.07, 6.45) is 2.35. The van der Waals surface area contributed by atoms with E-state index in [-0.39, 0.29) is 0 Å². The van der Waals surface area contributed by atoms with E-state index in [9.17, 15) is 0 Å². The van der Waals surface area contributed by atoms with Gasteiger partial charge in [0.25, 0.3) is 0 Å². The van der Waals surface area contributed by atoms with Gasteiger partial charge < -0.3 is 0 Å². The highest BCUT2D eigenvalue weighted by Crippen LogP contribution is 2.40. The highest BCUT2D eigenvalue weighted by Gasteiger charge is 2.21. The molecule has 2 aromatic heterocycles. The highest BCUT2D eigenvalue weighted by molar-refractivity contribution is 5.82. The molecule has 1 aliphatic rings. The summed E-state index contributed by atoms with van der Waals surface area (Å²) in [5.74, 6) is 0.736. The van der Waals surface area contributed by atoms with E-state index >= 15 is 0 Å². The number of hydrogen-bond donors (Lipinski definition) is 2. The lowest BCUT2D eigenvalue weighted by molar-refractivity contribution is 0.881. The van der Waals surface area contributed by atoms with Gasteiger partial charge in [0, 0.05) is 5.56 Å². The first-order chi connectivity index (χ1) is 11.4. The van der Waals surface area contributed by atoms with Gasteiger partial charge in [-0.2, -0.15) is 0 Å². The van der Waals surface area contributed by atoms with Crippen molar-refractivity contribution in [2.24, 2.45) is 0 Å². The Morgan fingerprint density at radius 1 is 0.826 bits per heavy atom. The van der Waals surface area contributed by atoms with Crippen molar-refractivity contribution in [2.75, 3.05) is 0 Å². The number of benzene rings is 2. The first-order valence-corrected chi connectivity index (χ1v) is 7.05. The number of rotatable bonds is 1. The third-order valence-corrected chi connectivity index (χ3v) is 3.72. The van der Waals surface area contributed by atoms with Crippen molar-refractivity contribution in [1.29, 1.82) is 0 Å². The second-order valence-electron chi connectivity index (χ2n) is 4.98. The number of aromatic nitrogens is 8. The lowest BCUT2D eigenvalue weighted by Gasteiger charge is -2.04. The van der Waals surface area contributed by atoms with Crippen LogP contribution in [0.5, 0.6) is 0 Å². The molecule has 0 aliphatic heterocycles. The molecule has 0 amide bonds. The zero-order valence-corrected chi connectivity index (χ0v) is 12.0. The SMILES string of the molecule is c1ccc2c(c1)Cc1c(-c3nnn[nH]3)cccc1-2.c1nnn[nH]1. The molecule has 5 rings (SSSR count). The Labute approximate surface area is 131 Å². The van der Waals surface area contributed by atoms with E-state index in [1.165, 1.54) is 28.6 Å². The topological polar surface area (TPSA) is 109 Å². The summed E-state index contributed by atoms with van der Waals surface area (Å²) < 4.78 is 0. The number of nitrogens with zero attached hydrogens (tertiary/aromatic N) is 6. The molecule has 0 saturated carbocycles. The Morgan fingerprint density at radius 3 is 2.43 bits per heavy atom. The van der Waals surface area contributed by atoms with Crippen molar-refractivity contribution in [3.05, 3.63) is 59.9 Å². The molecular weight excluding hydrogens is 292 g/mol. The third kappa shape index (κ3) is 2.46. The number of nitrogens with one attached hydrogen (secondary N) is 2. The molecular formula is C15H12N8. The molecule has 0 bridgehead atoms. The van der Waals surface area contributed by atoms with Gasteiger partial charge in [-0.15, -0.1) is 10.2 Å². The molecule has 8 heteroatoms. The summed E-state index contributed by atoms with van der Waals surface area (Å²) in [4.78, 5) is 0. The molecule has 4 aromatic rings. The molecule has 2 N–H and O–H groups in total. The number of H-pyrrole nitrogens is 2. The van der Waals surface area contributed by atoms with Gasteiger partial charge in [-0.1, -0.05) is 42.5 Å². The number of aromatic amines is 2. The first-order valence-electron chi connectivity index (χ1n) is 7.05. The smallest absolute Gasteiger partial charge is 0.179 e. The largest absolute Gasteiger partial charge is 0.246 e. The summed E-state index contributed by atoms with van der Waals surface area (Å²) in [6, 6.07) is 14.8. The molecule has 1 aliphatic carbocycles. The van der Waals surface area contributed by atoms with Crippen LogP contribution in [0.2, 0.25) is 0 Å². The minimum absolute atomic E-state index is 0.736. The molecule has 0 atom stereocenters. The summed E-state index contributed by atoms with van der Waals surface area (Å²) in [7, 11) is 0.